The summed E-state index contributed by atoms with van der Waals surface area (Å²) in [5.74, 6) is 0.437. The molecule has 152 valence electrons. The fraction of sp³-hybridized carbons (Fsp3) is 0.304. The summed E-state index contributed by atoms with van der Waals surface area (Å²) in [6.07, 6.45) is 0.959. The van der Waals surface area contributed by atoms with Crippen molar-refractivity contribution in [2.24, 2.45) is 0 Å². The van der Waals surface area contributed by atoms with Gasteiger partial charge < -0.3 is 10.1 Å². The molecule has 5 nitrogen and oxygen atoms in total. The fourth-order valence-corrected chi connectivity index (χ4v) is 3.42. The Balaban J connectivity index is 1.66. The molecule has 1 amide bonds. The van der Waals surface area contributed by atoms with Gasteiger partial charge in [-0.15, -0.1) is 0 Å². The second-order valence-electron chi connectivity index (χ2n) is 7.10. The first-order chi connectivity index (χ1) is 13.9. The molecule has 6 heteroatoms. The number of hydrogen-bond donors (Lipinski definition) is 1. The quantitative estimate of drug-likeness (QED) is 0.643. The molecule has 1 heterocycles. The van der Waals surface area contributed by atoms with E-state index in [0.29, 0.717) is 12.8 Å². The summed E-state index contributed by atoms with van der Waals surface area (Å²) < 4.78 is 20.2. The molecular weight excluding hydrogens is 369 g/mol. The molecule has 0 bridgehead atoms. The number of aromatic nitrogens is 2. The van der Waals surface area contributed by atoms with Crippen LogP contribution in [0.15, 0.2) is 48.5 Å². The number of carbonyl (C=O) groups excluding carboxylic acids is 1. The maximum atomic E-state index is 13.1. The minimum absolute atomic E-state index is 0.0465. The third-order valence-corrected chi connectivity index (χ3v) is 5.09. The van der Waals surface area contributed by atoms with E-state index in [1.807, 2.05) is 49.7 Å². The number of amides is 1. The highest BCUT2D eigenvalue weighted by atomic mass is 19.1. The summed E-state index contributed by atoms with van der Waals surface area (Å²) in [4.78, 5) is 12.4. The molecule has 1 aromatic heterocycles. The van der Waals surface area contributed by atoms with Crippen molar-refractivity contribution in [2.75, 3.05) is 7.11 Å². The molecule has 0 aliphatic carbocycles. The van der Waals surface area contributed by atoms with Crippen LogP contribution >= 0.6 is 0 Å². The van der Waals surface area contributed by atoms with E-state index in [1.165, 1.54) is 12.1 Å². The Kier molecular flexibility index (Phi) is 6.32. The Labute approximate surface area is 170 Å². The Hall–Kier alpha value is -3.15. The summed E-state index contributed by atoms with van der Waals surface area (Å²) in [5, 5.41) is 7.62. The number of ether oxygens (including phenoxy) is 1. The number of methoxy groups -OCH3 is 1. The minimum Gasteiger partial charge on any atom is -0.497 e. The molecule has 0 fully saturated rings. The van der Waals surface area contributed by atoms with E-state index in [9.17, 15) is 9.18 Å². The van der Waals surface area contributed by atoms with Gasteiger partial charge in [0.15, 0.2) is 0 Å². The molecule has 0 saturated heterocycles. The predicted molar refractivity (Wildman–Crippen MR) is 111 cm³/mol. The van der Waals surface area contributed by atoms with Gasteiger partial charge in [0.25, 0.3) is 0 Å². The Morgan fingerprint density at radius 1 is 1.21 bits per heavy atom. The lowest BCUT2D eigenvalue weighted by molar-refractivity contribution is -0.121. The van der Waals surface area contributed by atoms with Gasteiger partial charge >= 0.3 is 0 Å². The van der Waals surface area contributed by atoms with Crippen molar-refractivity contribution < 1.29 is 13.9 Å². The van der Waals surface area contributed by atoms with Crippen molar-refractivity contribution in [1.82, 2.24) is 15.1 Å². The number of halogens is 1. The fourth-order valence-electron chi connectivity index (χ4n) is 3.42. The van der Waals surface area contributed by atoms with E-state index < -0.39 is 0 Å². The number of aryl methyl sites for hydroxylation is 1. The molecule has 29 heavy (non-hydrogen) atoms. The van der Waals surface area contributed by atoms with Gasteiger partial charge in [0.2, 0.25) is 5.91 Å². The maximum Gasteiger partial charge on any atom is 0.220 e. The van der Waals surface area contributed by atoms with Gasteiger partial charge in [-0.2, -0.15) is 5.10 Å². The summed E-state index contributed by atoms with van der Waals surface area (Å²) in [6, 6.07) is 13.7. The predicted octanol–water partition coefficient (Wildman–Crippen LogP) is 4.45. The van der Waals surface area contributed by atoms with Gasteiger partial charge in [-0.05, 0) is 62.6 Å². The van der Waals surface area contributed by atoms with Gasteiger partial charge in [0, 0.05) is 18.2 Å². The Morgan fingerprint density at radius 2 is 1.93 bits per heavy atom. The largest absolute Gasteiger partial charge is 0.497 e. The van der Waals surface area contributed by atoms with E-state index in [-0.39, 0.29) is 17.8 Å². The highest BCUT2D eigenvalue weighted by Crippen LogP contribution is 2.22. The summed E-state index contributed by atoms with van der Waals surface area (Å²) in [5.41, 5.74) is 4.78. The lowest BCUT2D eigenvalue weighted by atomic mass is 10.1. The first kappa shape index (κ1) is 20.6. The average molecular weight is 395 g/mol. The minimum atomic E-state index is -0.286. The third-order valence-electron chi connectivity index (χ3n) is 5.09. The number of nitrogens with zero attached hydrogens (tertiary/aromatic N) is 2. The van der Waals surface area contributed by atoms with Crippen LogP contribution in [-0.2, 0) is 11.2 Å². The van der Waals surface area contributed by atoms with Crippen molar-refractivity contribution in [3.63, 3.8) is 0 Å². The van der Waals surface area contributed by atoms with Crippen LogP contribution in [0.25, 0.3) is 5.69 Å². The van der Waals surface area contributed by atoms with Crippen LogP contribution in [0.2, 0.25) is 0 Å². The molecule has 1 N–H and O–H groups in total. The lowest BCUT2D eigenvalue weighted by Gasteiger charge is -2.14. The molecule has 3 rings (SSSR count). The molecule has 0 aliphatic rings. The van der Waals surface area contributed by atoms with Crippen molar-refractivity contribution in [1.29, 1.82) is 0 Å². The van der Waals surface area contributed by atoms with Crippen molar-refractivity contribution in [3.05, 3.63) is 76.9 Å². The van der Waals surface area contributed by atoms with Crippen molar-refractivity contribution in [3.8, 4) is 11.4 Å². The highest BCUT2D eigenvalue weighted by Gasteiger charge is 2.16. The zero-order valence-corrected chi connectivity index (χ0v) is 17.2. The van der Waals surface area contributed by atoms with Gasteiger partial charge in [-0.1, -0.05) is 18.2 Å². The number of benzene rings is 2. The van der Waals surface area contributed by atoms with Gasteiger partial charge in [0.1, 0.15) is 11.6 Å². The van der Waals surface area contributed by atoms with Crippen LogP contribution in [0, 0.1) is 19.7 Å². The second-order valence-corrected chi connectivity index (χ2v) is 7.10. The van der Waals surface area contributed by atoms with Crippen LogP contribution in [0.3, 0.4) is 0 Å². The number of rotatable bonds is 7. The monoisotopic (exact) mass is 395 g/mol. The summed E-state index contributed by atoms with van der Waals surface area (Å²) in [6.45, 7) is 5.86. The van der Waals surface area contributed by atoms with E-state index in [0.717, 1.165) is 34.0 Å². The SMILES string of the molecule is COc1cccc(-n2nc(C)c(CCC(=O)N[C@@H](C)c3ccc(F)cc3)c2C)c1. The Morgan fingerprint density at radius 3 is 2.62 bits per heavy atom. The number of carbonyl (C=O) groups is 1. The molecule has 0 radical (unpaired) electrons. The zero-order valence-electron chi connectivity index (χ0n) is 17.2. The normalized spacial score (nSPS) is 11.9. The molecule has 0 aliphatic heterocycles. The van der Waals surface area contributed by atoms with Crippen LogP contribution in [0.5, 0.6) is 5.75 Å². The number of hydrogen-bond acceptors (Lipinski definition) is 3. The van der Waals surface area contributed by atoms with Crippen LogP contribution in [0.1, 0.15) is 41.9 Å². The first-order valence-corrected chi connectivity index (χ1v) is 9.63. The maximum absolute atomic E-state index is 13.1. The van der Waals surface area contributed by atoms with Gasteiger partial charge in [-0.25, -0.2) is 9.07 Å². The van der Waals surface area contributed by atoms with Gasteiger partial charge in [-0.3, -0.25) is 4.79 Å². The molecular formula is C23H26FN3O2. The van der Waals surface area contributed by atoms with Gasteiger partial charge in [0.05, 0.1) is 24.5 Å². The number of nitrogens with one attached hydrogen (secondary N) is 1. The standard InChI is InChI=1S/C23H26FN3O2/c1-15(18-8-10-19(24)11-9-18)25-23(28)13-12-22-16(2)26-27(17(22)3)20-6-5-7-21(14-20)29-4/h5-11,14-15H,12-13H2,1-4H3,(H,25,28)/t15-/m0/s1. The van der Waals surface area contributed by atoms with Crippen LogP contribution in [0.4, 0.5) is 4.39 Å². The van der Waals surface area contributed by atoms with Crippen LogP contribution < -0.4 is 10.1 Å². The molecule has 0 spiro atoms. The zero-order chi connectivity index (χ0) is 21.0. The second kappa shape index (κ2) is 8.90. The van der Waals surface area contributed by atoms with E-state index >= 15 is 0 Å². The summed E-state index contributed by atoms with van der Waals surface area (Å²) in [7, 11) is 1.64. The topological polar surface area (TPSA) is 56.2 Å². The van der Waals surface area contributed by atoms with E-state index in [2.05, 4.69) is 10.4 Å². The molecule has 2 aromatic carbocycles. The summed E-state index contributed by atoms with van der Waals surface area (Å²) >= 11 is 0. The average Bonchev–Trinajstić information content (AvgIpc) is 3.00. The Bertz CT molecular complexity index is 996. The third kappa shape index (κ3) is 4.83. The molecule has 0 saturated carbocycles. The van der Waals surface area contributed by atoms with Crippen LogP contribution in [-0.4, -0.2) is 22.8 Å². The molecule has 3 aromatic rings. The van der Waals surface area contributed by atoms with Crippen molar-refractivity contribution >= 4 is 5.91 Å². The molecule has 0 unspecified atom stereocenters. The van der Waals surface area contributed by atoms with E-state index in [4.69, 9.17) is 4.74 Å². The smallest absolute Gasteiger partial charge is 0.220 e. The molecule has 1 atom stereocenters. The first-order valence-electron chi connectivity index (χ1n) is 9.63. The lowest BCUT2D eigenvalue weighted by Crippen LogP contribution is -2.26. The van der Waals surface area contributed by atoms with E-state index in [1.54, 1.807) is 19.2 Å². The highest BCUT2D eigenvalue weighted by molar-refractivity contribution is 5.76. The van der Waals surface area contributed by atoms with Crippen molar-refractivity contribution in [2.45, 2.75) is 39.7 Å².